The molecule has 0 saturated carbocycles. The molecule has 1 aromatic rings. The van der Waals surface area contributed by atoms with Crippen LogP contribution in [0, 0.1) is 5.82 Å². The first-order chi connectivity index (χ1) is 11.7. The van der Waals surface area contributed by atoms with Gasteiger partial charge in [0.05, 0.1) is 17.1 Å². The molecule has 1 aliphatic heterocycles. The van der Waals surface area contributed by atoms with Crippen molar-refractivity contribution in [1.29, 1.82) is 0 Å². The lowest BCUT2D eigenvalue weighted by Crippen LogP contribution is -2.48. The number of hydrogen-bond acceptors (Lipinski definition) is 4. The normalized spacial score (nSPS) is 21.6. The zero-order chi connectivity index (χ0) is 18.6. The molecule has 0 radical (unpaired) electrons. The van der Waals surface area contributed by atoms with Crippen molar-refractivity contribution in [2.75, 3.05) is 26.7 Å². The third kappa shape index (κ3) is 5.23. The Hall–Kier alpha value is -1.51. The van der Waals surface area contributed by atoms with Crippen LogP contribution < -0.4 is 0 Å². The molecule has 1 aromatic carbocycles. The first-order valence-electron chi connectivity index (χ1n) is 8.35. The number of rotatable bonds is 6. The molecule has 0 bridgehead atoms. The maximum atomic E-state index is 12.9. The van der Waals surface area contributed by atoms with Gasteiger partial charge in [0, 0.05) is 33.1 Å². The maximum absolute atomic E-state index is 12.9. The molecule has 2 unspecified atom stereocenters. The second-order valence-electron chi connectivity index (χ2n) is 6.44. The number of nitrogens with zero attached hydrogens (tertiary/aromatic N) is 2. The summed E-state index contributed by atoms with van der Waals surface area (Å²) in [4.78, 5) is 14.1. The van der Waals surface area contributed by atoms with Crippen molar-refractivity contribution in [2.24, 2.45) is 0 Å². The van der Waals surface area contributed by atoms with Crippen LogP contribution in [-0.4, -0.2) is 62.4 Å². The lowest BCUT2D eigenvalue weighted by atomic mass is 10.2. The summed E-state index contributed by atoms with van der Waals surface area (Å²) in [6.07, 6.45) is 0.724. The number of carbonyl (C=O) groups is 1. The van der Waals surface area contributed by atoms with E-state index in [1.807, 2.05) is 13.8 Å². The number of hydrogen-bond donors (Lipinski definition) is 0. The molecule has 0 aliphatic carbocycles. The summed E-state index contributed by atoms with van der Waals surface area (Å²) in [5.74, 6) is -0.476. The summed E-state index contributed by atoms with van der Waals surface area (Å²) in [6, 6.07) is 4.71. The van der Waals surface area contributed by atoms with Crippen LogP contribution in [0.3, 0.4) is 0 Å². The van der Waals surface area contributed by atoms with Gasteiger partial charge < -0.3 is 9.64 Å². The zero-order valence-corrected chi connectivity index (χ0v) is 15.6. The van der Waals surface area contributed by atoms with Crippen LogP contribution in [0.15, 0.2) is 29.2 Å². The molecule has 1 saturated heterocycles. The van der Waals surface area contributed by atoms with Crippen LogP contribution in [0.4, 0.5) is 4.39 Å². The van der Waals surface area contributed by atoms with Crippen LogP contribution in [0.1, 0.15) is 26.7 Å². The summed E-state index contributed by atoms with van der Waals surface area (Å²) in [7, 11) is -2.21. The Kier molecular flexibility index (Phi) is 6.53. The molecule has 25 heavy (non-hydrogen) atoms. The van der Waals surface area contributed by atoms with Crippen LogP contribution in [0.2, 0.25) is 0 Å². The van der Waals surface area contributed by atoms with Crippen molar-refractivity contribution in [3.8, 4) is 0 Å². The van der Waals surface area contributed by atoms with Gasteiger partial charge in [0.1, 0.15) is 5.82 Å². The van der Waals surface area contributed by atoms with Crippen molar-refractivity contribution in [3.05, 3.63) is 30.1 Å². The first-order valence-corrected chi connectivity index (χ1v) is 9.79. The largest absolute Gasteiger partial charge is 0.372 e. The first kappa shape index (κ1) is 19.8. The number of sulfonamides is 1. The van der Waals surface area contributed by atoms with Crippen LogP contribution >= 0.6 is 0 Å². The van der Waals surface area contributed by atoms with Crippen LogP contribution in [0.25, 0.3) is 0 Å². The maximum Gasteiger partial charge on any atom is 0.242 e. The number of amides is 1. The van der Waals surface area contributed by atoms with Gasteiger partial charge in [-0.25, -0.2) is 17.1 Å². The smallest absolute Gasteiger partial charge is 0.242 e. The van der Waals surface area contributed by atoms with E-state index in [2.05, 4.69) is 0 Å². The second kappa shape index (κ2) is 8.25. The Morgan fingerprint density at radius 1 is 1.24 bits per heavy atom. The molecule has 6 nitrogen and oxygen atoms in total. The Balaban J connectivity index is 1.86. The van der Waals surface area contributed by atoms with E-state index in [0.29, 0.717) is 19.5 Å². The van der Waals surface area contributed by atoms with E-state index in [1.165, 1.54) is 23.5 Å². The van der Waals surface area contributed by atoms with Crippen molar-refractivity contribution in [2.45, 2.75) is 43.8 Å². The molecular weight excluding hydrogens is 347 g/mol. The highest BCUT2D eigenvalue weighted by molar-refractivity contribution is 7.89. The van der Waals surface area contributed by atoms with Gasteiger partial charge in [-0.2, -0.15) is 0 Å². The van der Waals surface area contributed by atoms with Gasteiger partial charge in [0.2, 0.25) is 15.9 Å². The quantitative estimate of drug-likeness (QED) is 0.765. The predicted octanol–water partition coefficient (Wildman–Crippen LogP) is 1.86. The molecule has 1 aliphatic rings. The van der Waals surface area contributed by atoms with E-state index in [4.69, 9.17) is 4.74 Å². The standard InChI is InChI=1S/C17H25FN2O4S/c1-13-11-20(12-14(2)24-13)17(21)5-4-10-19(3)25(22,23)16-8-6-15(18)7-9-16/h6-9,13-14H,4-5,10-12H2,1-3H3. The van der Waals surface area contributed by atoms with Crippen molar-refractivity contribution in [3.63, 3.8) is 0 Å². The van der Waals surface area contributed by atoms with Crippen molar-refractivity contribution >= 4 is 15.9 Å². The van der Waals surface area contributed by atoms with E-state index in [-0.39, 0.29) is 36.0 Å². The summed E-state index contributed by atoms with van der Waals surface area (Å²) in [6.45, 7) is 5.21. The molecule has 0 N–H and O–H groups in total. The van der Waals surface area contributed by atoms with Crippen LogP contribution in [0.5, 0.6) is 0 Å². The third-order valence-electron chi connectivity index (χ3n) is 4.16. The Morgan fingerprint density at radius 2 is 1.80 bits per heavy atom. The van der Waals surface area contributed by atoms with Gasteiger partial charge in [0.15, 0.2) is 0 Å². The summed E-state index contributed by atoms with van der Waals surface area (Å²) in [5.41, 5.74) is 0. The summed E-state index contributed by atoms with van der Waals surface area (Å²) >= 11 is 0. The summed E-state index contributed by atoms with van der Waals surface area (Å²) in [5, 5.41) is 0. The minimum Gasteiger partial charge on any atom is -0.372 e. The van der Waals surface area contributed by atoms with Gasteiger partial charge in [-0.1, -0.05) is 0 Å². The third-order valence-corrected chi connectivity index (χ3v) is 6.03. The predicted molar refractivity (Wildman–Crippen MR) is 92.0 cm³/mol. The fraction of sp³-hybridized carbons (Fsp3) is 0.588. The number of carbonyl (C=O) groups excluding carboxylic acids is 1. The fourth-order valence-electron chi connectivity index (χ4n) is 2.90. The molecule has 1 heterocycles. The van der Waals surface area contributed by atoms with E-state index >= 15 is 0 Å². The van der Waals surface area contributed by atoms with Gasteiger partial charge in [-0.15, -0.1) is 0 Å². The van der Waals surface area contributed by atoms with Crippen LogP contribution in [-0.2, 0) is 19.6 Å². The molecule has 2 atom stereocenters. The molecule has 1 fully saturated rings. The monoisotopic (exact) mass is 372 g/mol. The van der Waals surface area contributed by atoms with E-state index in [9.17, 15) is 17.6 Å². The lowest BCUT2D eigenvalue weighted by molar-refractivity contribution is -0.143. The van der Waals surface area contributed by atoms with Gasteiger partial charge in [0.25, 0.3) is 0 Å². The van der Waals surface area contributed by atoms with Crippen molar-refractivity contribution in [1.82, 2.24) is 9.21 Å². The van der Waals surface area contributed by atoms with Crippen molar-refractivity contribution < 1.29 is 22.3 Å². The summed E-state index contributed by atoms with van der Waals surface area (Å²) < 4.78 is 44.5. The van der Waals surface area contributed by atoms with E-state index < -0.39 is 15.8 Å². The lowest BCUT2D eigenvalue weighted by Gasteiger charge is -2.35. The second-order valence-corrected chi connectivity index (χ2v) is 8.48. The number of ether oxygens (including phenoxy) is 1. The SMILES string of the molecule is CC1CN(C(=O)CCCN(C)S(=O)(=O)c2ccc(F)cc2)CC(C)O1. The molecule has 8 heteroatoms. The molecule has 2 rings (SSSR count). The Labute approximate surface area is 148 Å². The Bertz CT molecular complexity index is 683. The number of morpholine rings is 1. The minimum absolute atomic E-state index is 0.00854. The van der Waals surface area contributed by atoms with Gasteiger partial charge >= 0.3 is 0 Å². The molecule has 140 valence electrons. The van der Waals surface area contributed by atoms with Gasteiger partial charge in [-0.05, 0) is 44.5 Å². The molecule has 0 spiro atoms. The minimum atomic E-state index is -3.67. The van der Waals surface area contributed by atoms with E-state index in [0.717, 1.165) is 12.1 Å². The molecule has 1 amide bonds. The van der Waals surface area contributed by atoms with Gasteiger partial charge in [-0.3, -0.25) is 4.79 Å². The topological polar surface area (TPSA) is 66.9 Å². The average Bonchev–Trinajstić information content (AvgIpc) is 2.54. The average molecular weight is 372 g/mol. The number of benzene rings is 1. The highest BCUT2D eigenvalue weighted by atomic mass is 32.2. The van der Waals surface area contributed by atoms with E-state index in [1.54, 1.807) is 4.90 Å². The molecule has 0 aromatic heterocycles. The highest BCUT2D eigenvalue weighted by Crippen LogP contribution is 2.16. The fourth-order valence-corrected chi connectivity index (χ4v) is 4.11. The highest BCUT2D eigenvalue weighted by Gasteiger charge is 2.26. The number of halogens is 1. The zero-order valence-electron chi connectivity index (χ0n) is 14.8. The molecular formula is C17H25FN2O4S. The Morgan fingerprint density at radius 3 is 2.36 bits per heavy atom.